The second kappa shape index (κ2) is 7.98. The number of oxazole rings is 1. The van der Waals surface area contributed by atoms with Gasteiger partial charge >= 0.3 is 5.69 Å². The van der Waals surface area contributed by atoms with E-state index in [0.29, 0.717) is 36.7 Å². The molecule has 3 heterocycles. The van der Waals surface area contributed by atoms with Crippen LogP contribution in [0.25, 0.3) is 0 Å². The molecule has 150 valence electrons. The molecule has 1 N–H and O–H groups in total. The fourth-order valence-corrected chi connectivity index (χ4v) is 3.67. The van der Waals surface area contributed by atoms with Gasteiger partial charge in [0.25, 0.3) is 5.91 Å². The van der Waals surface area contributed by atoms with E-state index in [1.165, 1.54) is 12.1 Å². The molecule has 29 heavy (non-hydrogen) atoms. The number of likely N-dealkylation sites (tertiary alicyclic amines) is 1. The highest BCUT2D eigenvalue weighted by Gasteiger charge is 2.32. The number of nitrogens with one attached hydrogen (secondary N) is 1. The molecule has 0 aliphatic carbocycles. The molecule has 8 heteroatoms. The van der Waals surface area contributed by atoms with Gasteiger partial charge in [-0.2, -0.15) is 4.98 Å². The number of amides is 1. The van der Waals surface area contributed by atoms with E-state index in [1.807, 2.05) is 6.07 Å². The van der Waals surface area contributed by atoms with Crippen molar-refractivity contribution in [3.05, 3.63) is 81.4 Å². The van der Waals surface area contributed by atoms with E-state index >= 15 is 0 Å². The first kappa shape index (κ1) is 19.0. The molecular formula is C21H21FN4O3. The van der Waals surface area contributed by atoms with Crippen molar-refractivity contribution < 1.29 is 13.6 Å². The highest BCUT2D eigenvalue weighted by Crippen LogP contribution is 2.32. The average Bonchev–Trinajstić information content (AvgIpc) is 3.15. The Labute approximate surface area is 166 Å². The second-order valence-corrected chi connectivity index (χ2v) is 7.24. The summed E-state index contributed by atoms with van der Waals surface area (Å²) in [6.07, 6.45) is 4.56. The highest BCUT2D eigenvalue weighted by atomic mass is 19.1. The molecule has 1 unspecified atom stereocenters. The van der Waals surface area contributed by atoms with E-state index in [4.69, 9.17) is 4.42 Å². The smallest absolute Gasteiger partial charge is 0.345 e. The van der Waals surface area contributed by atoms with Crippen molar-refractivity contribution in [3.63, 3.8) is 0 Å². The Hall–Kier alpha value is -3.29. The van der Waals surface area contributed by atoms with Gasteiger partial charge in [-0.15, -0.1) is 0 Å². The van der Waals surface area contributed by atoms with Crippen molar-refractivity contribution in [2.24, 2.45) is 0 Å². The average molecular weight is 396 g/mol. The summed E-state index contributed by atoms with van der Waals surface area (Å²) in [7, 11) is 0. The number of H-pyrrole nitrogens is 1. The van der Waals surface area contributed by atoms with Crippen LogP contribution in [0.2, 0.25) is 0 Å². The Bertz CT molecular complexity index is 1090. The van der Waals surface area contributed by atoms with Crippen LogP contribution in [0.1, 0.15) is 58.7 Å². The largest absolute Gasteiger partial charge is 0.443 e. The van der Waals surface area contributed by atoms with Crippen molar-refractivity contribution >= 4 is 5.91 Å². The summed E-state index contributed by atoms with van der Waals surface area (Å²) < 4.78 is 19.3. The van der Waals surface area contributed by atoms with Crippen LogP contribution in [0, 0.1) is 12.7 Å². The Balaban J connectivity index is 1.57. The molecule has 1 aliphatic rings. The van der Waals surface area contributed by atoms with E-state index in [1.54, 1.807) is 30.2 Å². The molecular weight excluding hydrogens is 375 g/mol. The third-order valence-corrected chi connectivity index (χ3v) is 4.99. The summed E-state index contributed by atoms with van der Waals surface area (Å²) in [5.74, 6) is 0.445. The zero-order valence-corrected chi connectivity index (χ0v) is 16.0. The van der Waals surface area contributed by atoms with Gasteiger partial charge in [0.05, 0.1) is 6.20 Å². The third kappa shape index (κ3) is 4.26. The normalized spacial score (nSPS) is 16.8. The molecule has 3 aromatic rings. The number of halogens is 1. The van der Waals surface area contributed by atoms with Crippen LogP contribution in [0.15, 0.2) is 45.7 Å². The van der Waals surface area contributed by atoms with Crippen LogP contribution < -0.4 is 5.69 Å². The Morgan fingerprint density at radius 3 is 3.00 bits per heavy atom. The fraction of sp³-hybridized carbons (Fsp3) is 0.333. The van der Waals surface area contributed by atoms with Crippen LogP contribution in [-0.4, -0.2) is 32.3 Å². The monoisotopic (exact) mass is 396 g/mol. The van der Waals surface area contributed by atoms with Crippen LogP contribution in [0.3, 0.4) is 0 Å². The highest BCUT2D eigenvalue weighted by molar-refractivity contribution is 5.92. The van der Waals surface area contributed by atoms with Gasteiger partial charge in [-0.3, -0.25) is 4.79 Å². The predicted molar refractivity (Wildman–Crippen MR) is 103 cm³/mol. The Morgan fingerprint density at radius 2 is 2.21 bits per heavy atom. The minimum absolute atomic E-state index is 0.115. The van der Waals surface area contributed by atoms with Crippen LogP contribution in [-0.2, 0) is 6.42 Å². The van der Waals surface area contributed by atoms with Gasteiger partial charge in [-0.05, 0) is 49.9 Å². The Morgan fingerprint density at radius 1 is 1.34 bits per heavy atom. The first-order valence-corrected chi connectivity index (χ1v) is 9.57. The van der Waals surface area contributed by atoms with Crippen LogP contribution >= 0.6 is 0 Å². The lowest BCUT2D eigenvalue weighted by Crippen LogP contribution is -2.39. The molecule has 1 aromatic carbocycles. The zero-order valence-electron chi connectivity index (χ0n) is 16.0. The lowest BCUT2D eigenvalue weighted by Gasteiger charge is -2.33. The molecule has 1 atom stereocenters. The first-order chi connectivity index (χ1) is 14.0. The van der Waals surface area contributed by atoms with Crippen molar-refractivity contribution in [1.29, 1.82) is 0 Å². The zero-order chi connectivity index (χ0) is 20.4. The van der Waals surface area contributed by atoms with Crippen molar-refractivity contribution in [2.75, 3.05) is 6.54 Å². The van der Waals surface area contributed by atoms with Gasteiger partial charge in [0.15, 0.2) is 0 Å². The lowest BCUT2D eigenvalue weighted by atomic mass is 10.0. The van der Waals surface area contributed by atoms with E-state index in [9.17, 15) is 14.0 Å². The van der Waals surface area contributed by atoms with Crippen molar-refractivity contribution in [2.45, 2.75) is 38.6 Å². The topological polar surface area (TPSA) is 92.1 Å². The number of hydrogen-bond acceptors (Lipinski definition) is 5. The molecule has 2 aromatic heterocycles. The number of aromatic amines is 1. The summed E-state index contributed by atoms with van der Waals surface area (Å²) >= 11 is 0. The number of benzene rings is 1. The molecule has 0 saturated carbocycles. The van der Waals surface area contributed by atoms with Gasteiger partial charge in [-0.1, -0.05) is 12.1 Å². The van der Waals surface area contributed by atoms with E-state index < -0.39 is 5.69 Å². The Kier molecular flexibility index (Phi) is 5.24. The first-order valence-electron chi connectivity index (χ1n) is 9.57. The molecule has 0 spiro atoms. The molecule has 0 radical (unpaired) electrons. The van der Waals surface area contributed by atoms with E-state index in [0.717, 1.165) is 18.4 Å². The van der Waals surface area contributed by atoms with Crippen LogP contribution in [0.4, 0.5) is 4.39 Å². The number of carbonyl (C=O) groups is 1. The van der Waals surface area contributed by atoms with E-state index in [2.05, 4.69) is 15.0 Å². The number of hydrogen-bond donors (Lipinski definition) is 1. The minimum Gasteiger partial charge on any atom is -0.443 e. The quantitative estimate of drug-likeness (QED) is 0.731. The van der Waals surface area contributed by atoms with Crippen molar-refractivity contribution in [3.8, 4) is 0 Å². The summed E-state index contributed by atoms with van der Waals surface area (Å²) in [6, 6.07) is 7.58. The van der Waals surface area contributed by atoms with Gasteiger partial charge < -0.3 is 14.3 Å². The number of piperidine rings is 1. The second-order valence-electron chi connectivity index (χ2n) is 7.24. The predicted octanol–water partition coefficient (Wildman–Crippen LogP) is 3.16. The van der Waals surface area contributed by atoms with Gasteiger partial charge in [0.2, 0.25) is 5.89 Å². The van der Waals surface area contributed by atoms with E-state index in [-0.39, 0.29) is 23.5 Å². The summed E-state index contributed by atoms with van der Waals surface area (Å²) in [6.45, 7) is 2.25. The number of nitrogens with zero attached hydrogens (tertiary/aromatic N) is 3. The number of aryl methyl sites for hydroxylation is 1. The minimum atomic E-state index is -0.546. The number of aromatic nitrogens is 3. The molecule has 0 bridgehead atoms. The molecule has 1 amide bonds. The van der Waals surface area contributed by atoms with Gasteiger partial charge in [0, 0.05) is 18.7 Å². The SMILES string of the molecule is Cc1cc(C(=O)N2CCCCC2c2ncc(Cc3cccc(F)c3)o2)nc(=O)[nH]1. The lowest BCUT2D eigenvalue weighted by molar-refractivity contribution is 0.0563. The summed E-state index contributed by atoms with van der Waals surface area (Å²) in [4.78, 5) is 37.1. The van der Waals surface area contributed by atoms with Crippen molar-refractivity contribution in [1.82, 2.24) is 19.9 Å². The van der Waals surface area contributed by atoms with Gasteiger partial charge in [0.1, 0.15) is 23.3 Å². The molecule has 4 rings (SSSR count). The van der Waals surface area contributed by atoms with Gasteiger partial charge in [-0.25, -0.2) is 14.2 Å². The van der Waals surface area contributed by atoms with Crippen LogP contribution in [0.5, 0.6) is 0 Å². The molecule has 1 saturated heterocycles. The summed E-state index contributed by atoms with van der Waals surface area (Å²) in [5, 5.41) is 0. The maximum atomic E-state index is 13.4. The fourth-order valence-electron chi connectivity index (χ4n) is 3.67. The maximum absolute atomic E-state index is 13.4. The number of carbonyl (C=O) groups excluding carboxylic acids is 1. The molecule has 7 nitrogen and oxygen atoms in total. The maximum Gasteiger partial charge on any atom is 0.345 e. The molecule has 1 aliphatic heterocycles. The third-order valence-electron chi connectivity index (χ3n) is 4.99. The standard InChI is InChI=1S/C21H21FN4O3/c1-13-9-17(25-21(28)24-13)20(27)26-8-3-2-7-18(26)19-23-12-16(29-19)11-14-5-4-6-15(22)10-14/h4-6,9-10,12,18H,2-3,7-8,11H2,1H3,(H,24,25,28). The number of rotatable bonds is 4. The molecule has 1 fully saturated rings. The summed E-state index contributed by atoms with van der Waals surface area (Å²) in [5.41, 5.74) is 0.933.